The summed E-state index contributed by atoms with van der Waals surface area (Å²) in [6.07, 6.45) is 1.12. The van der Waals surface area contributed by atoms with Gasteiger partial charge in [0.2, 0.25) is 0 Å². The quantitative estimate of drug-likeness (QED) is 0.733. The zero-order chi connectivity index (χ0) is 10.6. The maximum absolute atomic E-state index is 5.70. The highest BCUT2D eigenvalue weighted by molar-refractivity contribution is 5.44. The molecule has 2 heteroatoms. The number of hydrogen-bond acceptors (Lipinski definition) is 2. The van der Waals surface area contributed by atoms with Crippen molar-refractivity contribution in [3.8, 4) is 11.5 Å². The Morgan fingerprint density at radius 1 is 1.21 bits per heavy atom. The first-order valence-corrected chi connectivity index (χ1v) is 5.01. The van der Waals surface area contributed by atoms with Gasteiger partial charge in [-0.3, -0.25) is 0 Å². The lowest BCUT2D eigenvalue weighted by atomic mass is 10.1. The molecule has 0 atom stereocenters. The third-order valence-corrected chi connectivity index (χ3v) is 2.03. The summed E-state index contributed by atoms with van der Waals surface area (Å²) in [6, 6.07) is 5.91. The van der Waals surface area contributed by atoms with E-state index in [1.54, 1.807) is 7.11 Å². The Hall–Kier alpha value is -1.18. The van der Waals surface area contributed by atoms with Crippen LogP contribution in [0.1, 0.15) is 26.3 Å². The summed E-state index contributed by atoms with van der Waals surface area (Å²) in [5, 5.41) is 0. The summed E-state index contributed by atoms with van der Waals surface area (Å²) >= 11 is 0. The predicted molar refractivity (Wildman–Crippen MR) is 58.1 cm³/mol. The lowest BCUT2D eigenvalue weighted by molar-refractivity contribution is 0.238. The van der Waals surface area contributed by atoms with Gasteiger partial charge in [0.15, 0.2) is 0 Å². The average molecular weight is 194 g/mol. The zero-order valence-corrected chi connectivity index (χ0v) is 9.33. The minimum atomic E-state index is 0.201. The van der Waals surface area contributed by atoms with E-state index in [1.807, 2.05) is 32.0 Å². The van der Waals surface area contributed by atoms with Gasteiger partial charge < -0.3 is 9.47 Å². The Bertz CT molecular complexity index is 292. The van der Waals surface area contributed by atoms with Crippen molar-refractivity contribution in [2.45, 2.75) is 33.3 Å². The maximum atomic E-state index is 5.70. The van der Waals surface area contributed by atoms with Crippen LogP contribution in [0.4, 0.5) is 0 Å². The average Bonchev–Trinajstić information content (AvgIpc) is 2.16. The highest BCUT2D eigenvalue weighted by atomic mass is 16.5. The molecule has 1 rings (SSSR count). The molecule has 0 saturated carbocycles. The smallest absolute Gasteiger partial charge is 0.126 e. The molecule has 2 nitrogen and oxygen atoms in total. The standard InChI is InChI=1S/C12H18O2/c1-5-10-11(13-4)7-6-8-12(10)14-9(2)3/h6-9H,5H2,1-4H3. The fraction of sp³-hybridized carbons (Fsp3) is 0.500. The van der Waals surface area contributed by atoms with Crippen LogP contribution in [0.25, 0.3) is 0 Å². The van der Waals surface area contributed by atoms with Crippen molar-refractivity contribution in [3.05, 3.63) is 23.8 Å². The highest BCUT2D eigenvalue weighted by Crippen LogP contribution is 2.29. The Labute approximate surface area is 85.8 Å². The second-order valence-corrected chi connectivity index (χ2v) is 3.46. The minimum absolute atomic E-state index is 0.201. The largest absolute Gasteiger partial charge is 0.496 e. The van der Waals surface area contributed by atoms with Crippen molar-refractivity contribution in [3.63, 3.8) is 0 Å². The first-order valence-electron chi connectivity index (χ1n) is 5.01. The van der Waals surface area contributed by atoms with Crippen molar-refractivity contribution in [2.75, 3.05) is 7.11 Å². The summed E-state index contributed by atoms with van der Waals surface area (Å²) in [4.78, 5) is 0. The fourth-order valence-electron chi connectivity index (χ4n) is 1.45. The van der Waals surface area contributed by atoms with E-state index in [1.165, 1.54) is 0 Å². The number of ether oxygens (including phenoxy) is 2. The maximum Gasteiger partial charge on any atom is 0.126 e. The van der Waals surface area contributed by atoms with Crippen LogP contribution in [0.3, 0.4) is 0 Å². The third kappa shape index (κ3) is 2.41. The molecule has 0 radical (unpaired) electrons. The summed E-state index contributed by atoms with van der Waals surface area (Å²) in [6.45, 7) is 6.16. The normalized spacial score (nSPS) is 10.4. The van der Waals surface area contributed by atoms with Gasteiger partial charge in [-0.1, -0.05) is 13.0 Å². The van der Waals surface area contributed by atoms with Crippen molar-refractivity contribution < 1.29 is 9.47 Å². The first kappa shape index (κ1) is 10.9. The molecule has 0 fully saturated rings. The van der Waals surface area contributed by atoms with E-state index in [0.29, 0.717) is 0 Å². The molecular formula is C12H18O2. The van der Waals surface area contributed by atoms with E-state index in [9.17, 15) is 0 Å². The molecule has 0 bridgehead atoms. The van der Waals surface area contributed by atoms with Gasteiger partial charge in [-0.15, -0.1) is 0 Å². The molecule has 1 aromatic rings. The summed E-state index contributed by atoms with van der Waals surface area (Å²) in [7, 11) is 1.69. The van der Waals surface area contributed by atoms with Gasteiger partial charge in [0, 0.05) is 5.56 Å². The van der Waals surface area contributed by atoms with Crippen LogP contribution in [0.5, 0.6) is 11.5 Å². The molecule has 78 valence electrons. The van der Waals surface area contributed by atoms with Crippen LogP contribution in [0, 0.1) is 0 Å². The Balaban J connectivity index is 3.02. The monoisotopic (exact) mass is 194 g/mol. The van der Waals surface area contributed by atoms with E-state index in [4.69, 9.17) is 9.47 Å². The fourth-order valence-corrected chi connectivity index (χ4v) is 1.45. The van der Waals surface area contributed by atoms with Crippen molar-refractivity contribution in [1.29, 1.82) is 0 Å². The van der Waals surface area contributed by atoms with Crippen LogP contribution in [-0.2, 0) is 6.42 Å². The van der Waals surface area contributed by atoms with Gasteiger partial charge in [-0.2, -0.15) is 0 Å². The highest BCUT2D eigenvalue weighted by Gasteiger charge is 2.08. The zero-order valence-electron chi connectivity index (χ0n) is 9.33. The van der Waals surface area contributed by atoms with Crippen LogP contribution < -0.4 is 9.47 Å². The molecule has 0 heterocycles. The van der Waals surface area contributed by atoms with Gasteiger partial charge in [0.05, 0.1) is 13.2 Å². The van der Waals surface area contributed by atoms with Crippen LogP contribution in [0.15, 0.2) is 18.2 Å². The lowest BCUT2D eigenvalue weighted by Crippen LogP contribution is -2.07. The Morgan fingerprint density at radius 2 is 1.86 bits per heavy atom. The molecule has 0 aromatic heterocycles. The number of benzene rings is 1. The van der Waals surface area contributed by atoms with Gasteiger partial charge >= 0.3 is 0 Å². The summed E-state index contributed by atoms with van der Waals surface area (Å²) < 4.78 is 11.0. The van der Waals surface area contributed by atoms with Gasteiger partial charge in [0.1, 0.15) is 11.5 Å². The van der Waals surface area contributed by atoms with Gasteiger partial charge in [-0.25, -0.2) is 0 Å². The minimum Gasteiger partial charge on any atom is -0.496 e. The third-order valence-electron chi connectivity index (χ3n) is 2.03. The molecule has 0 amide bonds. The molecular weight excluding hydrogens is 176 g/mol. The second kappa shape index (κ2) is 4.89. The Kier molecular flexibility index (Phi) is 3.81. The van der Waals surface area contributed by atoms with Crippen molar-refractivity contribution in [2.24, 2.45) is 0 Å². The van der Waals surface area contributed by atoms with E-state index in [-0.39, 0.29) is 6.10 Å². The van der Waals surface area contributed by atoms with E-state index < -0.39 is 0 Å². The topological polar surface area (TPSA) is 18.5 Å². The van der Waals surface area contributed by atoms with Gasteiger partial charge in [0.25, 0.3) is 0 Å². The van der Waals surface area contributed by atoms with Crippen LogP contribution in [0.2, 0.25) is 0 Å². The molecule has 0 N–H and O–H groups in total. The number of rotatable bonds is 4. The predicted octanol–water partition coefficient (Wildman–Crippen LogP) is 3.04. The first-order chi connectivity index (χ1) is 6.69. The molecule has 14 heavy (non-hydrogen) atoms. The molecule has 0 unspecified atom stereocenters. The van der Waals surface area contributed by atoms with Crippen LogP contribution >= 0.6 is 0 Å². The lowest BCUT2D eigenvalue weighted by Gasteiger charge is -2.15. The summed E-state index contributed by atoms with van der Waals surface area (Å²) in [5.41, 5.74) is 1.14. The molecule has 0 aliphatic rings. The van der Waals surface area contributed by atoms with E-state index in [0.717, 1.165) is 23.5 Å². The molecule has 0 saturated heterocycles. The SMILES string of the molecule is CCc1c(OC)cccc1OC(C)C. The summed E-state index contributed by atoms with van der Waals surface area (Å²) in [5.74, 6) is 1.84. The van der Waals surface area contributed by atoms with Crippen LogP contribution in [-0.4, -0.2) is 13.2 Å². The van der Waals surface area contributed by atoms with Gasteiger partial charge in [-0.05, 0) is 32.4 Å². The molecule has 0 aliphatic carbocycles. The number of methoxy groups -OCH3 is 1. The molecule has 0 spiro atoms. The second-order valence-electron chi connectivity index (χ2n) is 3.46. The number of hydrogen-bond donors (Lipinski definition) is 0. The molecule has 0 aliphatic heterocycles. The Morgan fingerprint density at radius 3 is 2.36 bits per heavy atom. The van der Waals surface area contributed by atoms with Crippen molar-refractivity contribution in [1.82, 2.24) is 0 Å². The molecule has 1 aromatic carbocycles. The van der Waals surface area contributed by atoms with Crippen molar-refractivity contribution >= 4 is 0 Å². The van der Waals surface area contributed by atoms with E-state index >= 15 is 0 Å². The van der Waals surface area contributed by atoms with E-state index in [2.05, 4.69) is 6.92 Å².